The summed E-state index contributed by atoms with van der Waals surface area (Å²) in [6.07, 6.45) is 9.65. The molecule has 1 aromatic rings. The molecule has 6 rings (SSSR count). The third kappa shape index (κ3) is 2.08. The van der Waals surface area contributed by atoms with Gasteiger partial charge in [0.25, 0.3) is 0 Å². The van der Waals surface area contributed by atoms with E-state index in [1.165, 1.54) is 5.56 Å². The van der Waals surface area contributed by atoms with E-state index in [1.54, 1.807) is 0 Å². The van der Waals surface area contributed by atoms with Crippen molar-refractivity contribution >= 4 is 5.78 Å². The molecule has 2 nitrogen and oxygen atoms in total. The van der Waals surface area contributed by atoms with Crippen LogP contribution in [0.15, 0.2) is 42.5 Å². The predicted octanol–water partition coefficient (Wildman–Crippen LogP) is 5.13. The van der Waals surface area contributed by atoms with Crippen molar-refractivity contribution in [3.8, 4) is 0 Å². The summed E-state index contributed by atoms with van der Waals surface area (Å²) in [5.74, 6) is 1.46. The monoisotopic (exact) mass is 364 g/mol. The number of fused-ring (bicyclic) bond motifs is 4. The van der Waals surface area contributed by atoms with Crippen LogP contribution in [0.4, 0.5) is 0 Å². The molecule has 0 aromatic heterocycles. The molecule has 0 amide bonds. The predicted molar refractivity (Wildman–Crippen MR) is 107 cm³/mol. The van der Waals surface area contributed by atoms with Gasteiger partial charge in [0.2, 0.25) is 0 Å². The molecular formula is C25H32O2. The Balaban J connectivity index is 1.57. The van der Waals surface area contributed by atoms with Crippen molar-refractivity contribution in [1.29, 1.82) is 0 Å². The molecule has 144 valence electrons. The fourth-order valence-corrected chi connectivity index (χ4v) is 7.40. The summed E-state index contributed by atoms with van der Waals surface area (Å²) in [4.78, 5) is 14.1. The Labute approximate surface area is 163 Å². The topological polar surface area (TPSA) is 37.3 Å². The van der Waals surface area contributed by atoms with Crippen molar-refractivity contribution < 1.29 is 9.90 Å². The molecule has 0 saturated heterocycles. The first-order valence-electron chi connectivity index (χ1n) is 10.8. The molecule has 0 aliphatic heterocycles. The standard InChI is InChI=1S/C25H32O2/c1-23(2)19-13-14-24(23,3)25(27,15-19)22(26)21-18-11-9-17(10-12-18)20(21)16-7-5-4-6-8-16/h4-9,11,17-21,27H,10,12-15H2,1-3H3/t17-,18+,19-,20+,21+,24-,25+/m1/s1. The van der Waals surface area contributed by atoms with Crippen LogP contribution < -0.4 is 0 Å². The van der Waals surface area contributed by atoms with Crippen LogP contribution in [0.2, 0.25) is 0 Å². The zero-order chi connectivity index (χ0) is 19.0. The Morgan fingerprint density at radius 1 is 1.00 bits per heavy atom. The van der Waals surface area contributed by atoms with Gasteiger partial charge in [-0.05, 0) is 60.8 Å². The van der Waals surface area contributed by atoms with Gasteiger partial charge in [-0.1, -0.05) is 63.3 Å². The Morgan fingerprint density at radius 2 is 1.67 bits per heavy atom. The normalized spacial score (nSPS) is 46.7. The van der Waals surface area contributed by atoms with Gasteiger partial charge < -0.3 is 5.11 Å². The molecule has 1 aromatic carbocycles. The molecule has 1 N–H and O–H groups in total. The third-order valence-electron chi connectivity index (χ3n) is 9.53. The third-order valence-corrected chi connectivity index (χ3v) is 9.53. The second kappa shape index (κ2) is 5.56. The van der Waals surface area contributed by atoms with Crippen molar-refractivity contribution in [2.24, 2.45) is 34.5 Å². The molecule has 0 spiro atoms. The summed E-state index contributed by atoms with van der Waals surface area (Å²) in [5.41, 5.74) is -0.166. The molecule has 3 fully saturated rings. The van der Waals surface area contributed by atoms with E-state index in [2.05, 4.69) is 57.2 Å². The molecular weight excluding hydrogens is 332 g/mol. The number of Topliss-reactive ketones (excluding diaryl/α,β-unsaturated/α-hetero) is 1. The van der Waals surface area contributed by atoms with E-state index in [-0.39, 0.29) is 34.4 Å². The lowest BCUT2D eigenvalue weighted by molar-refractivity contribution is -0.163. The second-order valence-corrected chi connectivity index (χ2v) is 10.5. The number of allylic oxidation sites excluding steroid dienone is 2. The van der Waals surface area contributed by atoms with E-state index >= 15 is 0 Å². The molecule has 4 bridgehead atoms. The molecule has 5 aliphatic carbocycles. The van der Waals surface area contributed by atoms with Crippen LogP contribution in [0.1, 0.15) is 64.4 Å². The van der Waals surface area contributed by atoms with E-state index in [0.717, 1.165) is 25.7 Å². The second-order valence-electron chi connectivity index (χ2n) is 10.5. The van der Waals surface area contributed by atoms with Crippen LogP contribution in [-0.4, -0.2) is 16.5 Å². The fraction of sp³-hybridized carbons (Fsp3) is 0.640. The minimum absolute atomic E-state index is 0.0309. The highest BCUT2D eigenvalue weighted by molar-refractivity contribution is 5.92. The smallest absolute Gasteiger partial charge is 0.169 e. The number of benzene rings is 1. The van der Waals surface area contributed by atoms with Gasteiger partial charge in [0.1, 0.15) is 5.60 Å². The zero-order valence-corrected chi connectivity index (χ0v) is 16.8. The van der Waals surface area contributed by atoms with Gasteiger partial charge in [0.05, 0.1) is 0 Å². The van der Waals surface area contributed by atoms with Gasteiger partial charge in [-0.2, -0.15) is 0 Å². The lowest BCUT2D eigenvalue weighted by Crippen LogP contribution is -2.58. The lowest BCUT2D eigenvalue weighted by Gasteiger charge is -2.51. The van der Waals surface area contributed by atoms with Crippen LogP contribution in [0.25, 0.3) is 0 Å². The molecule has 27 heavy (non-hydrogen) atoms. The first-order chi connectivity index (χ1) is 12.8. The van der Waals surface area contributed by atoms with E-state index in [0.29, 0.717) is 18.3 Å². The van der Waals surface area contributed by atoms with Crippen molar-refractivity contribution in [2.45, 2.75) is 64.4 Å². The summed E-state index contributed by atoms with van der Waals surface area (Å²) in [7, 11) is 0. The van der Waals surface area contributed by atoms with Gasteiger partial charge >= 0.3 is 0 Å². The number of hydrogen-bond donors (Lipinski definition) is 1. The Bertz CT molecular complexity index is 794. The van der Waals surface area contributed by atoms with E-state index in [9.17, 15) is 9.90 Å². The Kier molecular flexibility index (Phi) is 3.64. The molecule has 0 heterocycles. The summed E-state index contributed by atoms with van der Waals surface area (Å²) >= 11 is 0. The van der Waals surface area contributed by atoms with Crippen molar-refractivity contribution in [3.63, 3.8) is 0 Å². The van der Waals surface area contributed by atoms with Crippen LogP contribution in [0.5, 0.6) is 0 Å². The number of ketones is 1. The summed E-state index contributed by atoms with van der Waals surface area (Å²) < 4.78 is 0. The minimum atomic E-state index is -1.16. The molecule has 2 heteroatoms. The molecule has 7 atom stereocenters. The highest BCUT2D eigenvalue weighted by Crippen LogP contribution is 2.71. The SMILES string of the molecule is CC1(C)[C@@H]2CC[C@@]1(C)[C@@](O)(C(=O)[C@@H]1[C@@H](c3ccccc3)[C@@H]3C=C[C@H]1CC3)C2. The van der Waals surface area contributed by atoms with Crippen molar-refractivity contribution in [1.82, 2.24) is 0 Å². The maximum Gasteiger partial charge on any atom is 0.169 e. The zero-order valence-electron chi connectivity index (χ0n) is 16.8. The highest BCUT2D eigenvalue weighted by Gasteiger charge is 2.72. The number of carbonyl (C=O) groups is 1. The van der Waals surface area contributed by atoms with Gasteiger partial charge in [-0.3, -0.25) is 4.79 Å². The van der Waals surface area contributed by atoms with Crippen LogP contribution in [-0.2, 0) is 4.79 Å². The first kappa shape index (κ1) is 17.7. The Hall–Kier alpha value is -1.41. The molecule has 0 radical (unpaired) electrons. The van der Waals surface area contributed by atoms with Gasteiger partial charge in [0.15, 0.2) is 5.78 Å². The number of rotatable bonds is 3. The molecule has 3 saturated carbocycles. The Morgan fingerprint density at radius 3 is 2.22 bits per heavy atom. The summed E-state index contributed by atoms with van der Waals surface area (Å²) in [6.45, 7) is 6.74. The van der Waals surface area contributed by atoms with E-state index < -0.39 is 5.60 Å². The van der Waals surface area contributed by atoms with Crippen molar-refractivity contribution in [2.75, 3.05) is 0 Å². The lowest BCUT2D eigenvalue weighted by atomic mass is 9.54. The fourth-order valence-electron chi connectivity index (χ4n) is 7.40. The average Bonchev–Trinajstić information content (AvgIpc) is 3.00. The van der Waals surface area contributed by atoms with Crippen molar-refractivity contribution in [3.05, 3.63) is 48.0 Å². The van der Waals surface area contributed by atoms with E-state index in [4.69, 9.17) is 0 Å². The summed E-state index contributed by atoms with van der Waals surface area (Å²) in [6, 6.07) is 10.6. The van der Waals surface area contributed by atoms with E-state index in [1.807, 2.05) is 6.07 Å². The largest absolute Gasteiger partial charge is 0.381 e. The number of carbonyl (C=O) groups excluding carboxylic acids is 1. The van der Waals surface area contributed by atoms with Crippen LogP contribution >= 0.6 is 0 Å². The van der Waals surface area contributed by atoms with Gasteiger partial charge in [0, 0.05) is 17.3 Å². The summed E-state index contributed by atoms with van der Waals surface area (Å²) in [5, 5.41) is 11.9. The minimum Gasteiger partial charge on any atom is -0.381 e. The quantitative estimate of drug-likeness (QED) is 0.755. The molecule has 0 unspecified atom stereocenters. The average molecular weight is 365 g/mol. The van der Waals surface area contributed by atoms with Gasteiger partial charge in [-0.15, -0.1) is 0 Å². The maximum atomic E-state index is 14.1. The van der Waals surface area contributed by atoms with Crippen LogP contribution in [0.3, 0.4) is 0 Å². The maximum absolute atomic E-state index is 14.1. The number of hydrogen-bond acceptors (Lipinski definition) is 2. The van der Waals surface area contributed by atoms with Crippen LogP contribution in [0, 0.1) is 34.5 Å². The number of aliphatic hydroxyl groups is 1. The first-order valence-corrected chi connectivity index (χ1v) is 10.8. The van der Waals surface area contributed by atoms with Gasteiger partial charge in [-0.25, -0.2) is 0 Å². The molecule has 5 aliphatic rings. The highest BCUT2D eigenvalue weighted by atomic mass is 16.3.